The van der Waals surface area contributed by atoms with Crippen LogP contribution in [0.4, 0.5) is 8.78 Å². The smallest absolute Gasteiger partial charge is 0.387 e. The summed E-state index contributed by atoms with van der Waals surface area (Å²) in [5.41, 5.74) is 6.21. The Morgan fingerprint density at radius 3 is 2.50 bits per heavy atom. The van der Waals surface area contributed by atoms with Crippen molar-refractivity contribution in [3.05, 3.63) is 23.8 Å². The number of hydrogen-bond donors (Lipinski definition) is 1. The van der Waals surface area contributed by atoms with Crippen molar-refractivity contribution in [3.8, 4) is 11.5 Å². The number of rotatable bonds is 7. The Kier molecular flexibility index (Phi) is 6.17. The average molecular weight is 289 g/mol. The Hall–Kier alpha value is -1.89. The summed E-state index contributed by atoms with van der Waals surface area (Å²) in [6.45, 7) is -2.79. The molecule has 0 saturated carbocycles. The van der Waals surface area contributed by atoms with Crippen molar-refractivity contribution in [3.63, 3.8) is 0 Å². The number of methoxy groups -OCH3 is 2. The Bertz CT molecular complexity index is 454. The third-order valence-corrected chi connectivity index (χ3v) is 2.80. The molecule has 2 N–H and O–H groups in total. The molecule has 20 heavy (non-hydrogen) atoms. The number of esters is 1. The standard InChI is InChI=1S/C13H17F2NO4/c1-18-10-4-3-8(5-11(10)20-13(14)15)9(7-16)6-12(17)19-2/h3-5,9,13H,6-7,16H2,1-2H3. The van der Waals surface area contributed by atoms with Crippen molar-refractivity contribution < 1.29 is 27.8 Å². The molecule has 0 radical (unpaired) electrons. The lowest BCUT2D eigenvalue weighted by molar-refractivity contribution is -0.141. The van der Waals surface area contributed by atoms with Crippen LogP contribution >= 0.6 is 0 Å². The lowest BCUT2D eigenvalue weighted by Crippen LogP contribution is -2.17. The van der Waals surface area contributed by atoms with Crippen LogP contribution in [0.5, 0.6) is 11.5 Å². The largest absolute Gasteiger partial charge is 0.493 e. The molecule has 7 heteroatoms. The molecule has 0 saturated heterocycles. The Morgan fingerprint density at radius 2 is 2.00 bits per heavy atom. The second kappa shape index (κ2) is 7.64. The highest BCUT2D eigenvalue weighted by molar-refractivity contribution is 5.70. The maximum absolute atomic E-state index is 12.3. The summed E-state index contributed by atoms with van der Waals surface area (Å²) in [4.78, 5) is 11.3. The Balaban J connectivity index is 3.01. The van der Waals surface area contributed by atoms with Crippen LogP contribution in [0.1, 0.15) is 17.9 Å². The third kappa shape index (κ3) is 4.34. The topological polar surface area (TPSA) is 70.8 Å². The van der Waals surface area contributed by atoms with Gasteiger partial charge in [-0.25, -0.2) is 0 Å². The van der Waals surface area contributed by atoms with E-state index >= 15 is 0 Å². The second-order valence-electron chi connectivity index (χ2n) is 4.00. The molecule has 5 nitrogen and oxygen atoms in total. The van der Waals surface area contributed by atoms with Crippen molar-refractivity contribution in [1.29, 1.82) is 0 Å². The van der Waals surface area contributed by atoms with Gasteiger partial charge in [0.2, 0.25) is 0 Å². The van der Waals surface area contributed by atoms with Crippen molar-refractivity contribution in [2.45, 2.75) is 19.0 Å². The fraction of sp³-hybridized carbons (Fsp3) is 0.462. The lowest BCUT2D eigenvalue weighted by Gasteiger charge is -2.17. The average Bonchev–Trinajstić information content (AvgIpc) is 2.43. The quantitative estimate of drug-likeness (QED) is 0.776. The minimum Gasteiger partial charge on any atom is -0.493 e. The SMILES string of the molecule is COC(=O)CC(CN)c1ccc(OC)c(OC(F)F)c1. The molecule has 1 aromatic carbocycles. The van der Waals surface area contributed by atoms with Crippen LogP contribution in [-0.4, -0.2) is 33.3 Å². The molecule has 1 unspecified atom stereocenters. The van der Waals surface area contributed by atoms with Gasteiger partial charge in [0.1, 0.15) is 0 Å². The van der Waals surface area contributed by atoms with Crippen LogP contribution in [0.3, 0.4) is 0 Å². The summed E-state index contributed by atoms with van der Waals surface area (Å²) in [6.07, 6.45) is 0.0629. The van der Waals surface area contributed by atoms with E-state index in [0.29, 0.717) is 5.56 Å². The first-order chi connectivity index (χ1) is 9.51. The van der Waals surface area contributed by atoms with Crippen LogP contribution in [0.25, 0.3) is 0 Å². The van der Waals surface area contributed by atoms with E-state index in [-0.39, 0.29) is 30.4 Å². The zero-order valence-corrected chi connectivity index (χ0v) is 11.3. The normalized spacial score (nSPS) is 12.1. The van der Waals surface area contributed by atoms with Gasteiger partial charge < -0.3 is 19.9 Å². The van der Waals surface area contributed by atoms with Gasteiger partial charge in [0.15, 0.2) is 11.5 Å². The second-order valence-corrected chi connectivity index (χ2v) is 4.00. The molecule has 0 amide bonds. The first-order valence-electron chi connectivity index (χ1n) is 5.91. The number of ether oxygens (including phenoxy) is 3. The van der Waals surface area contributed by atoms with Gasteiger partial charge in [0.05, 0.1) is 20.6 Å². The molecule has 0 aliphatic rings. The number of halogens is 2. The predicted octanol–water partition coefficient (Wildman–Crippen LogP) is 1.90. The summed E-state index contributed by atoms with van der Waals surface area (Å²) in [6, 6.07) is 4.54. The van der Waals surface area contributed by atoms with Gasteiger partial charge in [0.25, 0.3) is 0 Å². The van der Waals surface area contributed by atoms with E-state index in [2.05, 4.69) is 9.47 Å². The molecule has 0 spiro atoms. The first kappa shape index (κ1) is 16.2. The number of hydrogen-bond acceptors (Lipinski definition) is 5. The first-order valence-corrected chi connectivity index (χ1v) is 5.91. The van der Waals surface area contributed by atoms with Crippen molar-refractivity contribution in [2.75, 3.05) is 20.8 Å². The van der Waals surface area contributed by atoms with E-state index in [1.54, 1.807) is 6.07 Å². The maximum Gasteiger partial charge on any atom is 0.387 e. The molecule has 1 atom stereocenters. The van der Waals surface area contributed by atoms with E-state index < -0.39 is 12.6 Å². The molecule has 1 rings (SSSR count). The fourth-order valence-electron chi connectivity index (χ4n) is 1.76. The third-order valence-electron chi connectivity index (χ3n) is 2.80. The summed E-state index contributed by atoms with van der Waals surface area (Å²) in [5.74, 6) is -0.674. The summed E-state index contributed by atoms with van der Waals surface area (Å²) < 4.78 is 38.6. The summed E-state index contributed by atoms with van der Waals surface area (Å²) >= 11 is 0. The van der Waals surface area contributed by atoms with Gasteiger partial charge in [-0.15, -0.1) is 0 Å². The molecule has 0 heterocycles. The van der Waals surface area contributed by atoms with Gasteiger partial charge in [-0.2, -0.15) is 8.78 Å². The van der Waals surface area contributed by atoms with Crippen LogP contribution in [0, 0.1) is 0 Å². The van der Waals surface area contributed by atoms with E-state index in [9.17, 15) is 13.6 Å². The van der Waals surface area contributed by atoms with Crippen molar-refractivity contribution in [2.24, 2.45) is 5.73 Å². The predicted molar refractivity (Wildman–Crippen MR) is 68.1 cm³/mol. The zero-order chi connectivity index (χ0) is 15.1. The van der Waals surface area contributed by atoms with Crippen LogP contribution in [0.15, 0.2) is 18.2 Å². The summed E-state index contributed by atoms with van der Waals surface area (Å²) in [7, 11) is 2.62. The van der Waals surface area contributed by atoms with E-state index in [4.69, 9.17) is 10.5 Å². The van der Waals surface area contributed by atoms with E-state index in [1.165, 1.54) is 26.4 Å². The number of carbonyl (C=O) groups is 1. The molecule has 0 aromatic heterocycles. The Morgan fingerprint density at radius 1 is 1.30 bits per heavy atom. The molecule has 112 valence electrons. The van der Waals surface area contributed by atoms with Gasteiger partial charge in [-0.3, -0.25) is 4.79 Å². The van der Waals surface area contributed by atoms with Crippen LogP contribution < -0.4 is 15.2 Å². The highest BCUT2D eigenvalue weighted by Gasteiger charge is 2.18. The van der Waals surface area contributed by atoms with Crippen LogP contribution in [-0.2, 0) is 9.53 Å². The van der Waals surface area contributed by atoms with Gasteiger partial charge in [-0.05, 0) is 24.2 Å². The molecule has 1 aromatic rings. The monoisotopic (exact) mass is 289 g/mol. The van der Waals surface area contributed by atoms with Crippen molar-refractivity contribution in [1.82, 2.24) is 0 Å². The lowest BCUT2D eigenvalue weighted by atomic mass is 9.95. The molecule has 0 aliphatic heterocycles. The van der Waals surface area contributed by atoms with Gasteiger partial charge >= 0.3 is 12.6 Å². The number of benzene rings is 1. The van der Waals surface area contributed by atoms with Gasteiger partial charge in [0, 0.05) is 5.92 Å². The van der Waals surface area contributed by atoms with Gasteiger partial charge in [-0.1, -0.05) is 6.07 Å². The number of carbonyl (C=O) groups excluding carboxylic acids is 1. The molecular formula is C13H17F2NO4. The maximum atomic E-state index is 12.3. The number of alkyl halides is 2. The van der Waals surface area contributed by atoms with E-state index in [1.807, 2.05) is 0 Å². The minimum absolute atomic E-state index is 0.0629. The molecule has 0 fully saturated rings. The Labute approximate surface area is 115 Å². The van der Waals surface area contributed by atoms with Crippen molar-refractivity contribution >= 4 is 5.97 Å². The van der Waals surface area contributed by atoms with E-state index in [0.717, 1.165) is 0 Å². The molecule has 0 aliphatic carbocycles. The molecule has 0 bridgehead atoms. The van der Waals surface area contributed by atoms with Crippen LogP contribution in [0.2, 0.25) is 0 Å². The fourth-order valence-corrected chi connectivity index (χ4v) is 1.76. The zero-order valence-electron chi connectivity index (χ0n) is 11.3. The number of nitrogens with two attached hydrogens (primary N) is 1. The minimum atomic E-state index is -2.96. The highest BCUT2D eigenvalue weighted by Crippen LogP contribution is 2.32. The highest BCUT2D eigenvalue weighted by atomic mass is 19.3. The molecular weight excluding hydrogens is 272 g/mol. The summed E-state index contributed by atoms with van der Waals surface area (Å²) in [5, 5.41) is 0.